The number of aliphatic hydroxyl groups excluding tert-OH is 1. The minimum Gasteiger partial charge on any atom is -0.396 e. The van der Waals surface area contributed by atoms with Crippen molar-refractivity contribution >= 4 is 0 Å². The van der Waals surface area contributed by atoms with Crippen LogP contribution in [0.4, 0.5) is 0 Å². The van der Waals surface area contributed by atoms with Gasteiger partial charge in [0.05, 0.1) is 5.60 Å². The summed E-state index contributed by atoms with van der Waals surface area (Å²) < 4.78 is 0. The second-order valence-electron chi connectivity index (χ2n) is 4.97. The molecule has 16 heavy (non-hydrogen) atoms. The molecular weight excluding hydrogens is 200 g/mol. The van der Waals surface area contributed by atoms with Crippen molar-refractivity contribution in [2.24, 2.45) is 0 Å². The van der Waals surface area contributed by atoms with Crippen molar-refractivity contribution in [1.29, 1.82) is 0 Å². The third-order valence-electron chi connectivity index (χ3n) is 3.29. The first-order valence-electron chi connectivity index (χ1n) is 7.01. The summed E-state index contributed by atoms with van der Waals surface area (Å²) in [6.45, 7) is 4.41. The molecule has 1 atom stereocenters. The average Bonchev–Trinajstić information content (AvgIpc) is 2.24. The van der Waals surface area contributed by atoms with E-state index in [9.17, 15) is 5.11 Å². The maximum atomic E-state index is 10.3. The zero-order valence-electron chi connectivity index (χ0n) is 11.2. The Kier molecular flexibility index (Phi) is 10.0. The van der Waals surface area contributed by atoms with Crippen LogP contribution in [0.2, 0.25) is 0 Å². The lowest BCUT2D eigenvalue weighted by atomic mass is 9.88. The first kappa shape index (κ1) is 15.9. The quantitative estimate of drug-likeness (QED) is 0.532. The second-order valence-corrected chi connectivity index (χ2v) is 4.97. The van der Waals surface area contributed by atoms with E-state index in [1.165, 1.54) is 32.1 Å². The highest BCUT2D eigenvalue weighted by Crippen LogP contribution is 2.24. The molecule has 0 heterocycles. The summed E-state index contributed by atoms with van der Waals surface area (Å²) in [7, 11) is 0. The van der Waals surface area contributed by atoms with E-state index < -0.39 is 5.60 Å². The number of hydrogen-bond acceptors (Lipinski definition) is 2. The Labute approximate surface area is 101 Å². The molecule has 0 radical (unpaired) electrons. The van der Waals surface area contributed by atoms with E-state index in [0.29, 0.717) is 6.42 Å². The largest absolute Gasteiger partial charge is 0.396 e. The summed E-state index contributed by atoms with van der Waals surface area (Å²) in [5, 5.41) is 19.2. The maximum absolute atomic E-state index is 10.3. The third-order valence-corrected chi connectivity index (χ3v) is 3.29. The Morgan fingerprint density at radius 1 is 0.750 bits per heavy atom. The SMILES string of the molecule is CCCCCCCCC(O)(CCC)CCO. The van der Waals surface area contributed by atoms with Gasteiger partial charge in [0.15, 0.2) is 0 Å². The molecular formula is C14H30O2. The van der Waals surface area contributed by atoms with E-state index in [2.05, 4.69) is 13.8 Å². The Balaban J connectivity index is 3.59. The van der Waals surface area contributed by atoms with Crippen LogP contribution < -0.4 is 0 Å². The zero-order chi connectivity index (χ0) is 12.3. The highest BCUT2D eigenvalue weighted by Gasteiger charge is 2.24. The first-order chi connectivity index (χ1) is 7.68. The van der Waals surface area contributed by atoms with E-state index in [-0.39, 0.29) is 6.61 Å². The summed E-state index contributed by atoms with van der Waals surface area (Å²) in [5.74, 6) is 0. The molecule has 0 aliphatic heterocycles. The Bertz CT molecular complexity index is 140. The van der Waals surface area contributed by atoms with Crippen LogP contribution in [0.5, 0.6) is 0 Å². The van der Waals surface area contributed by atoms with Gasteiger partial charge < -0.3 is 10.2 Å². The molecule has 0 fully saturated rings. The summed E-state index contributed by atoms with van der Waals surface area (Å²) in [5.41, 5.74) is -0.603. The molecule has 0 rings (SSSR count). The zero-order valence-corrected chi connectivity index (χ0v) is 11.2. The minimum absolute atomic E-state index is 0.104. The van der Waals surface area contributed by atoms with Crippen LogP contribution in [0.3, 0.4) is 0 Å². The first-order valence-corrected chi connectivity index (χ1v) is 7.01. The normalized spacial score (nSPS) is 15.0. The number of hydrogen-bond donors (Lipinski definition) is 2. The maximum Gasteiger partial charge on any atom is 0.0669 e. The summed E-state index contributed by atoms with van der Waals surface area (Å²) in [6, 6.07) is 0. The van der Waals surface area contributed by atoms with E-state index in [4.69, 9.17) is 5.11 Å². The lowest BCUT2D eigenvalue weighted by Gasteiger charge is -2.27. The fourth-order valence-electron chi connectivity index (χ4n) is 2.28. The molecule has 0 aromatic carbocycles. The van der Waals surface area contributed by atoms with Crippen LogP contribution in [0.1, 0.15) is 78.1 Å². The van der Waals surface area contributed by atoms with E-state index >= 15 is 0 Å². The van der Waals surface area contributed by atoms with E-state index in [0.717, 1.165) is 25.7 Å². The fraction of sp³-hybridized carbons (Fsp3) is 1.00. The van der Waals surface area contributed by atoms with Crippen molar-refractivity contribution in [3.63, 3.8) is 0 Å². The molecule has 0 amide bonds. The van der Waals surface area contributed by atoms with Gasteiger partial charge in [0, 0.05) is 6.61 Å². The van der Waals surface area contributed by atoms with Crippen molar-refractivity contribution in [1.82, 2.24) is 0 Å². The van der Waals surface area contributed by atoms with Gasteiger partial charge in [0.1, 0.15) is 0 Å². The number of aliphatic hydroxyl groups is 2. The van der Waals surface area contributed by atoms with Gasteiger partial charge in [-0.15, -0.1) is 0 Å². The van der Waals surface area contributed by atoms with Crippen LogP contribution in [0.25, 0.3) is 0 Å². The van der Waals surface area contributed by atoms with Crippen LogP contribution in [0.15, 0.2) is 0 Å². The average molecular weight is 230 g/mol. The van der Waals surface area contributed by atoms with Crippen LogP contribution in [-0.2, 0) is 0 Å². The molecule has 1 unspecified atom stereocenters. The highest BCUT2D eigenvalue weighted by atomic mass is 16.3. The van der Waals surface area contributed by atoms with Crippen LogP contribution in [-0.4, -0.2) is 22.4 Å². The van der Waals surface area contributed by atoms with Crippen LogP contribution >= 0.6 is 0 Å². The van der Waals surface area contributed by atoms with Crippen molar-refractivity contribution in [2.75, 3.05) is 6.61 Å². The number of unbranched alkanes of at least 4 members (excludes halogenated alkanes) is 5. The van der Waals surface area contributed by atoms with E-state index in [1.54, 1.807) is 0 Å². The summed E-state index contributed by atoms with van der Waals surface area (Å²) >= 11 is 0. The van der Waals surface area contributed by atoms with Gasteiger partial charge in [-0.25, -0.2) is 0 Å². The van der Waals surface area contributed by atoms with Gasteiger partial charge >= 0.3 is 0 Å². The van der Waals surface area contributed by atoms with Gasteiger partial charge in [0.2, 0.25) is 0 Å². The van der Waals surface area contributed by atoms with Crippen molar-refractivity contribution in [3.05, 3.63) is 0 Å². The predicted molar refractivity (Wildman–Crippen MR) is 69.6 cm³/mol. The Hall–Kier alpha value is -0.0800. The molecule has 0 bridgehead atoms. The van der Waals surface area contributed by atoms with Gasteiger partial charge in [0.25, 0.3) is 0 Å². The smallest absolute Gasteiger partial charge is 0.0669 e. The van der Waals surface area contributed by atoms with Crippen molar-refractivity contribution in [2.45, 2.75) is 83.7 Å². The molecule has 0 aromatic heterocycles. The van der Waals surface area contributed by atoms with Crippen LogP contribution in [0, 0.1) is 0 Å². The molecule has 2 nitrogen and oxygen atoms in total. The third kappa shape index (κ3) is 8.12. The standard InChI is InChI=1S/C14H30O2/c1-3-5-6-7-8-9-11-14(16,10-4-2)12-13-15/h15-16H,3-13H2,1-2H3. The molecule has 98 valence electrons. The molecule has 0 aliphatic carbocycles. The molecule has 0 saturated heterocycles. The van der Waals surface area contributed by atoms with Crippen molar-refractivity contribution in [3.8, 4) is 0 Å². The predicted octanol–water partition coefficient (Wildman–Crippen LogP) is 3.65. The van der Waals surface area contributed by atoms with Gasteiger partial charge in [-0.2, -0.15) is 0 Å². The molecule has 0 aliphatic rings. The van der Waals surface area contributed by atoms with Crippen molar-refractivity contribution < 1.29 is 10.2 Å². The lowest BCUT2D eigenvalue weighted by Crippen LogP contribution is -2.29. The Morgan fingerprint density at radius 3 is 1.94 bits per heavy atom. The second kappa shape index (κ2) is 10.1. The monoisotopic (exact) mass is 230 g/mol. The summed E-state index contributed by atoms with van der Waals surface area (Å²) in [6.07, 6.45) is 10.7. The highest BCUT2D eigenvalue weighted by molar-refractivity contribution is 4.77. The topological polar surface area (TPSA) is 40.5 Å². The molecule has 0 saturated carbocycles. The van der Waals surface area contributed by atoms with E-state index in [1.807, 2.05) is 0 Å². The van der Waals surface area contributed by atoms with Gasteiger partial charge in [-0.1, -0.05) is 58.8 Å². The summed E-state index contributed by atoms with van der Waals surface area (Å²) in [4.78, 5) is 0. The molecule has 0 spiro atoms. The van der Waals surface area contributed by atoms with Gasteiger partial charge in [-0.05, 0) is 19.3 Å². The Morgan fingerprint density at radius 2 is 1.38 bits per heavy atom. The number of rotatable bonds is 11. The molecule has 0 aromatic rings. The lowest BCUT2D eigenvalue weighted by molar-refractivity contribution is -0.00253. The molecule has 2 N–H and O–H groups in total. The fourth-order valence-corrected chi connectivity index (χ4v) is 2.28. The van der Waals surface area contributed by atoms with Gasteiger partial charge in [-0.3, -0.25) is 0 Å². The molecule has 2 heteroatoms. The minimum atomic E-state index is -0.603.